The summed E-state index contributed by atoms with van der Waals surface area (Å²) in [6.07, 6.45) is 0.700. The Labute approximate surface area is 113 Å². The Balaban J connectivity index is 2.33. The molecule has 1 saturated heterocycles. The molecule has 1 unspecified atom stereocenters. The number of benzene rings is 1. The standard InChI is InChI=1S/C12H18N2O4S/c1-14(9-5-6-18-8-9)19(15,16)12-4-3-10(17-2)7-11(12)13/h3-4,7,9H,5-6,8,13H2,1-2H3. The molecule has 1 atom stereocenters. The van der Waals surface area contributed by atoms with Crippen molar-refractivity contribution in [1.82, 2.24) is 4.31 Å². The molecule has 19 heavy (non-hydrogen) atoms. The van der Waals surface area contributed by atoms with E-state index in [9.17, 15) is 8.42 Å². The lowest BCUT2D eigenvalue weighted by Crippen LogP contribution is -2.37. The number of anilines is 1. The van der Waals surface area contributed by atoms with Crippen molar-refractivity contribution in [2.75, 3.05) is 33.1 Å². The van der Waals surface area contributed by atoms with Gasteiger partial charge in [0.15, 0.2) is 0 Å². The van der Waals surface area contributed by atoms with Crippen LogP contribution in [0.4, 0.5) is 5.69 Å². The quantitative estimate of drug-likeness (QED) is 0.823. The van der Waals surface area contributed by atoms with Gasteiger partial charge in [0.2, 0.25) is 10.0 Å². The second kappa shape index (κ2) is 5.36. The van der Waals surface area contributed by atoms with E-state index in [1.807, 2.05) is 0 Å². The summed E-state index contributed by atoms with van der Waals surface area (Å²) in [6, 6.07) is 4.43. The number of rotatable bonds is 4. The number of hydrogen-bond acceptors (Lipinski definition) is 5. The van der Waals surface area contributed by atoms with Crippen LogP contribution in [-0.4, -0.2) is 46.1 Å². The number of ether oxygens (including phenoxy) is 2. The highest BCUT2D eigenvalue weighted by molar-refractivity contribution is 7.89. The Morgan fingerprint density at radius 3 is 2.74 bits per heavy atom. The molecule has 7 heteroatoms. The second-order valence-electron chi connectivity index (χ2n) is 4.44. The van der Waals surface area contributed by atoms with E-state index in [4.69, 9.17) is 15.2 Å². The van der Waals surface area contributed by atoms with Gasteiger partial charge >= 0.3 is 0 Å². The van der Waals surface area contributed by atoms with Gasteiger partial charge < -0.3 is 15.2 Å². The first kappa shape index (κ1) is 14.1. The van der Waals surface area contributed by atoms with Crippen LogP contribution in [0.5, 0.6) is 5.75 Å². The molecule has 1 aliphatic heterocycles. The smallest absolute Gasteiger partial charge is 0.245 e. The van der Waals surface area contributed by atoms with Gasteiger partial charge in [-0.1, -0.05) is 0 Å². The number of hydrogen-bond donors (Lipinski definition) is 1. The molecule has 0 aliphatic carbocycles. The van der Waals surface area contributed by atoms with Crippen molar-refractivity contribution in [2.24, 2.45) is 0 Å². The molecule has 1 aliphatic rings. The van der Waals surface area contributed by atoms with Gasteiger partial charge in [-0.2, -0.15) is 4.31 Å². The normalized spacial score (nSPS) is 19.8. The van der Waals surface area contributed by atoms with Crippen LogP contribution < -0.4 is 10.5 Å². The molecule has 0 bridgehead atoms. The van der Waals surface area contributed by atoms with Crippen LogP contribution in [0.3, 0.4) is 0 Å². The first-order chi connectivity index (χ1) is 8.96. The molecule has 0 spiro atoms. The summed E-state index contributed by atoms with van der Waals surface area (Å²) in [5.74, 6) is 0.531. The first-order valence-electron chi connectivity index (χ1n) is 5.96. The number of nitrogen functional groups attached to an aromatic ring is 1. The largest absolute Gasteiger partial charge is 0.497 e. The SMILES string of the molecule is COc1ccc(S(=O)(=O)N(C)C2CCOC2)c(N)c1. The van der Waals surface area contributed by atoms with Gasteiger partial charge in [-0.25, -0.2) is 8.42 Å². The average Bonchev–Trinajstić information content (AvgIpc) is 2.90. The van der Waals surface area contributed by atoms with Crippen LogP contribution in [0.25, 0.3) is 0 Å². The maximum atomic E-state index is 12.5. The summed E-state index contributed by atoms with van der Waals surface area (Å²) in [7, 11) is -0.546. The zero-order valence-electron chi connectivity index (χ0n) is 11.0. The lowest BCUT2D eigenvalue weighted by Gasteiger charge is -2.23. The molecule has 1 heterocycles. The van der Waals surface area contributed by atoms with Gasteiger partial charge in [-0.15, -0.1) is 0 Å². The number of sulfonamides is 1. The molecule has 0 saturated carbocycles. The first-order valence-corrected chi connectivity index (χ1v) is 7.40. The molecule has 1 aromatic carbocycles. The van der Waals surface area contributed by atoms with E-state index in [2.05, 4.69) is 0 Å². The Kier molecular flexibility index (Phi) is 3.98. The summed E-state index contributed by atoms with van der Waals surface area (Å²) < 4.78 is 36.5. The molecule has 2 rings (SSSR count). The van der Waals surface area contributed by atoms with E-state index >= 15 is 0 Å². The minimum Gasteiger partial charge on any atom is -0.497 e. The van der Waals surface area contributed by atoms with Gasteiger partial charge in [0.05, 0.1) is 25.4 Å². The van der Waals surface area contributed by atoms with Crippen LogP contribution in [-0.2, 0) is 14.8 Å². The molecule has 0 aromatic heterocycles. The van der Waals surface area contributed by atoms with Crippen LogP contribution in [0.15, 0.2) is 23.1 Å². The molecule has 6 nitrogen and oxygen atoms in total. The van der Waals surface area contributed by atoms with Gasteiger partial charge in [-0.05, 0) is 18.6 Å². The van der Waals surface area contributed by atoms with Gasteiger partial charge in [0.25, 0.3) is 0 Å². The Morgan fingerprint density at radius 2 is 2.21 bits per heavy atom. The maximum Gasteiger partial charge on any atom is 0.245 e. The fraction of sp³-hybridized carbons (Fsp3) is 0.500. The van der Waals surface area contributed by atoms with Gasteiger partial charge in [0, 0.05) is 19.7 Å². The van der Waals surface area contributed by atoms with Crippen molar-refractivity contribution < 1.29 is 17.9 Å². The number of nitrogens with two attached hydrogens (primary N) is 1. The van der Waals surface area contributed by atoms with Crippen LogP contribution in [0, 0.1) is 0 Å². The monoisotopic (exact) mass is 286 g/mol. The molecule has 106 valence electrons. The zero-order chi connectivity index (χ0) is 14.0. The highest BCUT2D eigenvalue weighted by atomic mass is 32.2. The minimum absolute atomic E-state index is 0.0997. The number of nitrogens with zero attached hydrogens (tertiary/aromatic N) is 1. The van der Waals surface area contributed by atoms with Crippen molar-refractivity contribution in [3.05, 3.63) is 18.2 Å². The van der Waals surface area contributed by atoms with E-state index in [0.29, 0.717) is 25.4 Å². The Morgan fingerprint density at radius 1 is 1.47 bits per heavy atom. The van der Waals surface area contributed by atoms with Crippen molar-refractivity contribution in [3.8, 4) is 5.75 Å². The summed E-state index contributed by atoms with van der Waals surface area (Å²) in [6.45, 7) is 1.01. The van der Waals surface area contributed by atoms with E-state index in [1.54, 1.807) is 13.1 Å². The van der Waals surface area contributed by atoms with E-state index in [-0.39, 0.29) is 16.6 Å². The zero-order valence-corrected chi connectivity index (χ0v) is 11.8. The third-order valence-corrected chi connectivity index (χ3v) is 5.28. The van der Waals surface area contributed by atoms with Crippen LogP contribution in [0.1, 0.15) is 6.42 Å². The van der Waals surface area contributed by atoms with Crippen LogP contribution >= 0.6 is 0 Å². The summed E-state index contributed by atoms with van der Waals surface area (Å²) >= 11 is 0. The molecule has 2 N–H and O–H groups in total. The van der Waals surface area contributed by atoms with Crippen LogP contribution in [0.2, 0.25) is 0 Å². The fourth-order valence-corrected chi connectivity index (χ4v) is 3.51. The summed E-state index contributed by atoms with van der Waals surface area (Å²) in [4.78, 5) is 0.0997. The lowest BCUT2D eigenvalue weighted by molar-refractivity contribution is 0.181. The van der Waals surface area contributed by atoms with Gasteiger partial charge in [0.1, 0.15) is 10.6 Å². The van der Waals surface area contributed by atoms with Crippen molar-refractivity contribution in [1.29, 1.82) is 0 Å². The fourth-order valence-electron chi connectivity index (χ4n) is 2.05. The maximum absolute atomic E-state index is 12.5. The molecular weight excluding hydrogens is 268 g/mol. The van der Waals surface area contributed by atoms with E-state index < -0.39 is 10.0 Å². The van der Waals surface area contributed by atoms with Crippen molar-refractivity contribution in [2.45, 2.75) is 17.4 Å². The highest BCUT2D eigenvalue weighted by Gasteiger charge is 2.31. The third-order valence-electron chi connectivity index (χ3n) is 3.29. The molecule has 0 radical (unpaired) electrons. The predicted molar refractivity (Wildman–Crippen MR) is 71.6 cm³/mol. The summed E-state index contributed by atoms with van der Waals surface area (Å²) in [5.41, 5.74) is 5.99. The third kappa shape index (κ3) is 2.68. The molecule has 1 aromatic rings. The second-order valence-corrected chi connectivity index (χ2v) is 6.41. The lowest BCUT2D eigenvalue weighted by atomic mass is 10.3. The minimum atomic E-state index is -3.61. The molecular formula is C12H18N2O4S. The molecule has 0 amide bonds. The highest BCUT2D eigenvalue weighted by Crippen LogP contribution is 2.28. The summed E-state index contributed by atoms with van der Waals surface area (Å²) in [5, 5.41) is 0. The topological polar surface area (TPSA) is 81.9 Å². The van der Waals surface area contributed by atoms with E-state index in [1.165, 1.54) is 23.5 Å². The number of likely N-dealkylation sites (N-methyl/N-ethyl adjacent to an activating group) is 1. The Hall–Kier alpha value is -1.31. The van der Waals surface area contributed by atoms with Crippen molar-refractivity contribution in [3.63, 3.8) is 0 Å². The van der Waals surface area contributed by atoms with Crippen molar-refractivity contribution >= 4 is 15.7 Å². The molecule has 1 fully saturated rings. The van der Waals surface area contributed by atoms with Gasteiger partial charge in [-0.3, -0.25) is 0 Å². The van der Waals surface area contributed by atoms with E-state index in [0.717, 1.165) is 0 Å². The predicted octanol–water partition coefficient (Wildman–Crippen LogP) is 0.687. The average molecular weight is 286 g/mol. The Bertz CT molecular complexity index is 553. The number of methoxy groups -OCH3 is 1.